The van der Waals surface area contributed by atoms with Gasteiger partial charge >= 0.3 is 0 Å². The van der Waals surface area contributed by atoms with Crippen LogP contribution in [0.3, 0.4) is 0 Å². The maximum absolute atomic E-state index is 14.7. The lowest BCUT2D eigenvalue weighted by Crippen LogP contribution is -2.51. The van der Waals surface area contributed by atoms with Crippen LogP contribution in [0, 0.1) is 11.2 Å². The second-order valence-corrected chi connectivity index (χ2v) is 8.36. The molecule has 1 saturated carbocycles. The van der Waals surface area contributed by atoms with Gasteiger partial charge in [0.15, 0.2) is 5.54 Å². The minimum atomic E-state index is -1.01. The standard InChI is InChI=1S/C19H22BrFN2O2/c1-11-22-19(17(24)23(11)2)16-13(15(21)5-4-14(16)20)10-18(19)8-6-12(25-3)7-9-18/h4-5,12H,6-10H2,1-3H3. The lowest BCUT2D eigenvalue weighted by molar-refractivity contribution is -0.137. The molecular formula is C19H22BrFN2O2. The number of benzene rings is 1. The first-order chi connectivity index (χ1) is 11.9. The minimum absolute atomic E-state index is 0.0362. The van der Waals surface area contributed by atoms with Gasteiger partial charge in [0.05, 0.1) is 6.10 Å². The number of rotatable bonds is 1. The summed E-state index contributed by atoms with van der Waals surface area (Å²) in [6, 6.07) is 3.18. The fourth-order valence-corrected chi connectivity index (χ4v) is 5.73. The highest BCUT2D eigenvalue weighted by Crippen LogP contribution is 2.63. The molecule has 1 aromatic rings. The van der Waals surface area contributed by atoms with Crippen molar-refractivity contribution in [2.45, 2.75) is 50.7 Å². The van der Waals surface area contributed by atoms with Crippen molar-refractivity contribution in [3.63, 3.8) is 0 Å². The Balaban J connectivity index is 1.95. The third-order valence-electron chi connectivity index (χ3n) is 6.50. The monoisotopic (exact) mass is 408 g/mol. The van der Waals surface area contributed by atoms with Gasteiger partial charge in [0, 0.05) is 29.6 Å². The largest absolute Gasteiger partial charge is 0.381 e. The van der Waals surface area contributed by atoms with E-state index in [1.807, 2.05) is 6.92 Å². The number of halogens is 2. The first-order valence-electron chi connectivity index (χ1n) is 8.71. The molecule has 2 aliphatic carbocycles. The zero-order chi connectivity index (χ0) is 18.0. The fourth-order valence-electron chi connectivity index (χ4n) is 5.07. The second kappa shape index (κ2) is 5.61. The van der Waals surface area contributed by atoms with Gasteiger partial charge in [-0.3, -0.25) is 9.79 Å². The van der Waals surface area contributed by atoms with E-state index in [2.05, 4.69) is 15.9 Å². The van der Waals surface area contributed by atoms with Crippen molar-refractivity contribution in [2.24, 2.45) is 10.4 Å². The Labute approximate surface area is 155 Å². The van der Waals surface area contributed by atoms with Crippen molar-refractivity contribution in [1.82, 2.24) is 4.90 Å². The Hall–Kier alpha value is -1.27. The van der Waals surface area contributed by atoms with Gasteiger partial charge in [0.2, 0.25) is 0 Å². The molecule has 4 rings (SSSR count). The van der Waals surface area contributed by atoms with Gasteiger partial charge < -0.3 is 9.64 Å². The van der Waals surface area contributed by atoms with Gasteiger partial charge in [0.1, 0.15) is 11.7 Å². The minimum Gasteiger partial charge on any atom is -0.381 e. The topological polar surface area (TPSA) is 41.9 Å². The van der Waals surface area contributed by atoms with Crippen molar-refractivity contribution in [2.75, 3.05) is 14.2 Å². The van der Waals surface area contributed by atoms with Gasteiger partial charge in [-0.15, -0.1) is 0 Å². The molecule has 0 aromatic heterocycles. The highest BCUT2D eigenvalue weighted by Gasteiger charge is 2.67. The van der Waals surface area contributed by atoms with Gasteiger partial charge in [0.25, 0.3) is 5.91 Å². The number of hydrogen-bond donors (Lipinski definition) is 0. The number of amidine groups is 1. The summed E-state index contributed by atoms with van der Waals surface area (Å²) in [6.45, 7) is 1.85. The van der Waals surface area contributed by atoms with Crippen LogP contribution in [0.4, 0.5) is 4.39 Å². The number of aliphatic imine (C=N–C) groups is 1. The summed E-state index contributed by atoms with van der Waals surface area (Å²) in [5.41, 5.74) is -0.0126. The summed E-state index contributed by atoms with van der Waals surface area (Å²) in [4.78, 5) is 20.0. The van der Waals surface area contributed by atoms with Crippen LogP contribution in [-0.4, -0.2) is 36.9 Å². The van der Waals surface area contributed by atoms with Gasteiger partial charge in [-0.1, -0.05) is 15.9 Å². The van der Waals surface area contributed by atoms with Crippen molar-refractivity contribution >= 4 is 27.7 Å². The van der Waals surface area contributed by atoms with Crippen LogP contribution in [0.2, 0.25) is 0 Å². The van der Waals surface area contributed by atoms with Crippen molar-refractivity contribution in [3.05, 3.63) is 33.5 Å². The number of likely N-dealkylation sites (N-methyl/N-ethyl adjacent to an activating group) is 1. The third-order valence-corrected chi connectivity index (χ3v) is 7.16. The molecule has 0 N–H and O–H groups in total. The molecule has 134 valence electrons. The highest BCUT2D eigenvalue weighted by molar-refractivity contribution is 9.10. The molecule has 0 radical (unpaired) electrons. The predicted octanol–water partition coefficient (Wildman–Crippen LogP) is 3.81. The van der Waals surface area contributed by atoms with E-state index in [0.717, 1.165) is 35.7 Å². The van der Waals surface area contributed by atoms with Crippen LogP contribution in [0.5, 0.6) is 0 Å². The van der Waals surface area contributed by atoms with E-state index >= 15 is 0 Å². The van der Waals surface area contributed by atoms with E-state index in [9.17, 15) is 9.18 Å². The van der Waals surface area contributed by atoms with Crippen LogP contribution in [0.25, 0.3) is 0 Å². The van der Waals surface area contributed by atoms with Crippen LogP contribution in [-0.2, 0) is 21.5 Å². The average Bonchev–Trinajstić information content (AvgIpc) is 3.01. The number of methoxy groups -OCH3 is 1. The lowest BCUT2D eigenvalue weighted by Gasteiger charge is -2.45. The fraction of sp³-hybridized carbons (Fsp3) is 0.579. The predicted molar refractivity (Wildman–Crippen MR) is 97.1 cm³/mol. The summed E-state index contributed by atoms with van der Waals surface area (Å²) >= 11 is 3.58. The maximum Gasteiger partial charge on any atom is 0.260 e. The molecule has 25 heavy (non-hydrogen) atoms. The molecule has 3 aliphatic rings. The molecule has 1 atom stereocenters. The Morgan fingerprint density at radius 2 is 2.04 bits per heavy atom. The molecule has 4 nitrogen and oxygen atoms in total. The molecule has 1 aliphatic heterocycles. The van der Waals surface area contributed by atoms with Crippen LogP contribution >= 0.6 is 15.9 Å². The number of amides is 1. The van der Waals surface area contributed by atoms with Crippen molar-refractivity contribution < 1.29 is 13.9 Å². The summed E-state index contributed by atoms with van der Waals surface area (Å²) < 4.78 is 21.0. The third kappa shape index (κ3) is 2.07. The Morgan fingerprint density at radius 3 is 2.60 bits per heavy atom. The summed E-state index contributed by atoms with van der Waals surface area (Å²) in [6.07, 6.45) is 4.12. The SMILES string of the molecule is COC1CCC2(CC1)Cc1c(F)ccc(Br)c1C21N=C(C)N(C)C1=O. The molecule has 1 unspecified atom stereocenters. The number of carbonyl (C=O) groups excluding carboxylic acids is 1. The smallest absolute Gasteiger partial charge is 0.260 e. The highest BCUT2D eigenvalue weighted by atomic mass is 79.9. The zero-order valence-corrected chi connectivity index (χ0v) is 16.3. The normalized spacial score (nSPS) is 34.1. The summed E-state index contributed by atoms with van der Waals surface area (Å²) in [5, 5.41) is 0. The first kappa shape index (κ1) is 17.2. The number of ether oxygens (including phenoxy) is 1. The molecule has 1 aromatic carbocycles. The summed E-state index contributed by atoms with van der Waals surface area (Å²) in [5.74, 6) is 0.423. The quantitative estimate of drug-likeness (QED) is 0.708. The molecule has 1 fully saturated rings. The van der Waals surface area contributed by atoms with Crippen molar-refractivity contribution in [1.29, 1.82) is 0 Å². The molecule has 6 heteroatoms. The molecule has 1 amide bonds. The number of nitrogens with zero attached hydrogens (tertiary/aromatic N) is 2. The Kier molecular flexibility index (Phi) is 3.85. The van der Waals surface area contributed by atoms with E-state index in [1.54, 1.807) is 25.1 Å². The maximum atomic E-state index is 14.7. The van der Waals surface area contributed by atoms with E-state index in [-0.39, 0.29) is 23.2 Å². The van der Waals surface area contributed by atoms with Gasteiger partial charge in [-0.2, -0.15) is 0 Å². The van der Waals surface area contributed by atoms with Gasteiger partial charge in [-0.25, -0.2) is 4.39 Å². The molecular weight excluding hydrogens is 387 g/mol. The molecule has 1 heterocycles. The number of hydrogen-bond acceptors (Lipinski definition) is 3. The molecule has 0 bridgehead atoms. The van der Waals surface area contributed by atoms with E-state index in [4.69, 9.17) is 9.73 Å². The average molecular weight is 409 g/mol. The van der Waals surface area contributed by atoms with Gasteiger partial charge in [-0.05, 0) is 56.7 Å². The Bertz CT molecular complexity index is 786. The van der Waals surface area contributed by atoms with Crippen LogP contribution < -0.4 is 0 Å². The second-order valence-electron chi connectivity index (χ2n) is 7.51. The zero-order valence-electron chi connectivity index (χ0n) is 14.7. The van der Waals surface area contributed by atoms with Crippen LogP contribution in [0.1, 0.15) is 43.7 Å². The summed E-state index contributed by atoms with van der Waals surface area (Å²) in [7, 11) is 3.49. The lowest BCUT2D eigenvalue weighted by atomic mass is 9.61. The number of carbonyl (C=O) groups is 1. The first-order valence-corrected chi connectivity index (χ1v) is 9.50. The molecule has 0 saturated heterocycles. The van der Waals surface area contributed by atoms with E-state index in [0.29, 0.717) is 17.8 Å². The van der Waals surface area contributed by atoms with E-state index < -0.39 is 5.54 Å². The van der Waals surface area contributed by atoms with E-state index in [1.165, 1.54) is 6.07 Å². The molecule has 2 spiro atoms. The number of fused-ring (bicyclic) bond motifs is 3. The van der Waals surface area contributed by atoms with Crippen molar-refractivity contribution in [3.8, 4) is 0 Å². The Morgan fingerprint density at radius 1 is 1.36 bits per heavy atom. The van der Waals surface area contributed by atoms with Crippen LogP contribution in [0.15, 0.2) is 21.6 Å².